The van der Waals surface area contributed by atoms with Gasteiger partial charge in [0, 0.05) is 38.3 Å². The lowest BCUT2D eigenvalue weighted by atomic mass is 10.1. The summed E-state index contributed by atoms with van der Waals surface area (Å²) in [5, 5.41) is 0. The molecule has 1 aliphatic heterocycles. The number of hydrogen-bond acceptors (Lipinski definition) is 3. The van der Waals surface area contributed by atoms with E-state index in [4.69, 9.17) is 10.5 Å². The Morgan fingerprint density at radius 3 is 2.69 bits per heavy atom. The van der Waals surface area contributed by atoms with Crippen molar-refractivity contribution in [2.24, 2.45) is 11.7 Å². The Morgan fingerprint density at radius 1 is 1.38 bits per heavy atom. The van der Waals surface area contributed by atoms with E-state index in [0.717, 1.165) is 19.8 Å². The predicted octanol–water partition coefficient (Wildman–Crippen LogP) is 1.62. The third-order valence-electron chi connectivity index (χ3n) is 3.17. The second-order valence-electron chi connectivity index (χ2n) is 4.48. The van der Waals surface area contributed by atoms with E-state index < -0.39 is 0 Å². The molecule has 0 radical (unpaired) electrons. The molecule has 16 heavy (non-hydrogen) atoms. The first kappa shape index (κ1) is 11.4. The number of nitrogens with two attached hydrogens (primary N) is 1. The minimum atomic E-state index is 0.612. The van der Waals surface area contributed by atoms with Crippen LogP contribution in [0.4, 0.5) is 5.69 Å². The highest BCUT2D eigenvalue weighted by Gasteiger charge is 2.17. The molecule has 1 saturated heterocycles. The van der Waals surface area contributed by atoms with E-state index >= 15 is 0 Å². The minimum Gasteiger partial charge on any atom is -0.381 e. The van der Waals surface area contributed by atoms with E-state index in [1.165, 1.54) is 17.7 Å². The first-order chi connectivity index (χ1) is 7.79. The van der Waals surface area contributed by atoms with Crippen molar-refractivity contribution in [2.75, 3.05) is 31.7 Å². The van der Waals surface area contributed by atoms with Crippen LogP contribution >= 0.6 is 0 Å². The van der Waals surface area contributed by atoms with Gasteiger partial charge in [0.2, 0.25) is 0 Å². The summed E-state index contributed by atoms with van der Waals surface area (Å²) in [7, 11) is 2.13. The molecule has 1 fully saturated rings. The zero-order valence-electron chi connectivity index (χ0n) is 9.86. The fraction of sp³-hybridized carbons (Fsp3) is 0.538. The first-order valence-corrected chi connectivity index (χ1v) is 5.87. The summed E-state index contributed by atoms with van der Waals surface area (Å²) in [6.45, 7) is 3.51. The molecule has 1 heterocycles. The van der Waals surface area contributed by atoms with Crippen LogP contribution in [0.5, 0.6) is 0 Å². The SMILES string of the molecule is CN(CC1CCOC1)c1ccc(CN)cc1. The Bertz CT molecular complexity index is 317. The van der Waals surface area contributed by atoms with Gasteiger partial charge in [-0.05, 0) is 24.1 Å². The average Bonchev–Trinajstić information content (AvgIpc) is 2.82. The third-order valence-corrected chi connectivity index (χ3v) is 3.17. The largest absolute Gasteiger partial charge is 0.381 e. The van der Waals surface area contributed by atoms with Crippen molar-refractivity contribution in [1.29, 1.82) is 0 Å². The fourth-order valence-electron chi connectivity index (χ4n) is 2.11. The summed E-state index contributed by atoms with van der Waals surface area (Å²) >= 11 is 0. The van der Waals surface area contributed by atoms with E-state index in [0.29, 0.717) is 12.5 Å². The number of nitrogens with zero attached hydrogens (tertiary/aromatic N) is 1. The van der Waals surface area contributed by atoms with Gasteiger partial charge in [-0.1, -0.05) is 12.1 Å². The maximum atomic E-state index is 5.58. The lowest BCUT2D eigenvalue weighted by Gasteiger charge is -2.22. The van der Waals surface area contributed by atoms with Crippen LogP contribution in [0.3, 0.4) is 0 Å². The standard InChI is InChI=1S/C13H20N2O/c1-15(9-12-6-7-16-10-12)13-4-2-11(8-14)3-5-13/h2-5,12H,6-10,14H2,1H3. The Hall–Kier alpha value is -1.06. The second-order valence-corrected chi connectivity index (χ2v) is 4.48. The van der Waals surface area contributed by atoms with Crippen molar-refractivity contribution < 1.29 is 4.74 Å². The van der Waals surface area contributed by atoms with Crippen molar-refractivity contribution >= 4 is 5.69 Å². The molecule has 0 spiro atoms. The van der Waals surface area contributed by atoms with Gasteiger partial charge < -0.3 is 15.4 Å². The zero-order valence-corrected chi connectivity index (χ0v) is 9.86. The molecule has 0 aliphatic carbocycles. The Balaban J connectivity index is 1.94. The highest BCUT2D eigenvalue weighted by molar-refractivity contribution is 5.46. The van der Waals surface area contributed by atoms with Gasteiger partial charge in [-0.15, -0.1) is 0 Å². The summed E-state index contributed by atoms with van der Waals surface area (Å²) in [6.07, 6.45) is 1.19. The summed E-state index contributed by atoms with van der Waals surface area (Å²) in [6, 6.07) is 8.46. The quantitative estimate of drug-likeness (QED) is 0.838. The highest BCUT2D eigenvalue weighted by Crippen LogP contribution is 2.19. The van der Waals surface area contributed by atoms with Crippen LogP contribution in [0.1, 0.15) is 12.0 Å². The summed E-state index contributed by atoms with van der Waals surface area (Å²) in [5.74, 6) is 0.680. The van der Waals surface area contributed by atoms with Crippen molar-refractivity contribution in [3.8, 4) is 0 Å². The van der Waals surface area contributed by atoms with Gasteiger partial charge >= 0.3 is 0 Å². The highest BCUT2D eigenvalue weighted by atomic mass is 16.5. The van der Waals surface area contributed by atoms with Gasteiger partial charge in [-0.25, -0.2) is 0 Å². The van der Waals surface area contributed by atoms with Gasteiger partial charge in [-0.2, -0.15) is 0 Å². The predicted molar refractivity (Wildman–Crippen MR) is 66.5 cm³/mol. The van der Waals surface area contributed by atoms with Gasteiger partial charge in [0.1, 0.15) is 0 Å². The van der Waals surface area contributed by atoms with E-state index in [9.17, 15) is 0 Å². The van der Waals surface area contributed by atoms with E-state index in [1.807, 2.05) is 0 Å². The second kappa shape index (κ2) is 5.32. The molecule has 1 aromatic rings. The van der Waals surface area contributed by atoms with Crippen LogP contribution in [-0.4, -0.2) is 26.8 Å². The fourth-order valence-corrected chi connectivity index (χ4v) is 2.11. The number of rotatable bonds is 4. The lowest BCUT2D eigenvalue weighted by Crippen LogP contribution is -2.25. The van der Waals surface area contributed by atoms with Crippen molar-refractivity contribution in [3.63, 3.8) is 0 Å². The van der Waals surface area contributed by atoms with Crippen molar-refractivity contribution in [3.05, 3.63) is 29.8 Å². The molecule has 0 amide bonds. The smallest absolute Gasteiger partial charge is 0.0512 e. The number of anilines is 1. The maximum absolute atomic E-state index is 5.58. The zero-order chi connectivity index (χ0) is 11.4. The Morgan fingerprint density at radius 2 is 2.12 bits per heavy atom. The molecule has 0 aromatic heterocycles. The number of hydrogen-bond donors (Lipinski definition) is 1. The van der Waals surface area contributed by atoms with Crippen LogP contribution in [0.25, 0.3) is 0 Å². The molecule has 0 saturated carbocycles. The van der Waals surface area contributed by atoms with E-state index in [2.05, 4.69) is 36.2 Å². The monoisotopic (exact) mass is 220 g/mol. The molecule has 3 nitrogen and oxygen atoms in total. The van der Waals surface area contributed by atoms with Crippen LogP contribution in [-0.2, 0) is 11.3 Å². The minimum absolute atomic E-state index is 0.612. The molecular weight excluding hydrogens is 200 g/mol. The van der Waals surface area contributed by atoms with Gasteiger partial charge in [0.25, 0.3) is 0 Å². The average molecular weight is 220 g/mol. The van der Waals surface area contributed by atoms with Crippen molar-refractivity contribution in [2.45, 2.75) is 13.0 Å². The maximum Gasteiger partial charge on any atom is 0.0512 e. The van der Waals surface area contributed by atoms with Crippen LogP contribution in [0.15, 0.2) is 24.3 Å². The Labute approximate surface area is 97.2 Å². The van der Waals surface area contributed by atoms with Crippen LogP contribution in [0, 0.1) is 5.92 Å². The van der Waals surface area contributed by atoms with Gasteiger partial charge in [0.05, 0.1) is 6.61 Å². The number of ether oxygens (including phenoxy) is 1. The molecular formula is C13H20N2O. The topological polar surface area (TPSA) is 38.5 Å². The van der Waals surface area contributed by atoms with Crippen molar-refractivity contribution in [1.82, 2.24) is 0 Å². The van der Waals surface area contributed by atoms with E-state index in [1.54, 1.807) is 0 Å². The summed E-state index contributed by atoms with van der Waals surface area (Å²) < 4.78 is 5.39. The molecule has 2 N–H and O–H groups in total. The molecule has 1 aliphatic rings. The van der Waals surface area contributed by atoms with E-state index in [-0.39, 0.29) is 0 Å². The molecule has 88 valence electrons. The normalized spacial score (nSPS) is 20.0. The molecule has 2 rings (SSSR count). The first-order valence-electron chi connectivity index (χ1n) is 5.87. The van der Waals surface area contributed by atoms with Crippen LogP contribution < -0.4 is 10.6 Å². The number of benzene rings is 1. The summed E-state index contributed by atoms with van der Waals surface area (Å²) in [5.41, 5.74) is 8.01. The Kier molecular flexibility index (Phi) is 3.80. The van der Waals surface area contributed by atoms with Crippen LogP contribution in [0.2, 0.25) is 0 Å². The summed E-state index contributed by atoms with van der Waals surface area (Å²) in [4.78, 5) is 2.29. The molecule has 1 unspecified atom stereocenters. The molecule has 1 aromatic carbocycles. The van der Waals surface area contributed by atoms with Gasteiger partial charge in [-0.3, -0.25) is 0 Å². The molecule has 3 heteroatoms. The molecule has 0 bridgehead atoms. The van der Waals surface area contributed by atoms with Gasteiger partial charge in [0.15, 0.2) is 0 Å². The lowest BCUT2D eigenvalue weighted by molar-refractivity contribution is 0.186. The molecule has 1 atom stereocenters. The third kappa shape index (κ3) is 2.74.